The van der Waals surface area contributed by atoms with Crippen molar-refractivity contribution < 1.29 is 18.3 Å². The smallest absolute Gasteiger partial charge is 0.277 e. The van der Waals surface area contributed by atoms with Gasteiger partial charge < -0.3 is 14.8 Å². The second-order valence-electron chi connectivity index (χ2n) is 9.35. The Balaban J connectivity index is 1.74. The maximum Gasteiger partial charge on any atom is 0.277 e. The van der Waals surface area contributed by atoms with Crippen LogP contribution in [-0.2, 0) is 22.9 Å². The molecule has 4 rings (SSSR count). The second-order valence-corrected chi connectivity index (χ2v) is 11.0. The molecule has 0 atom stereocenters. The third-order valence-electron chi connectivity index (χ3n) is 6.42. The lowest BCUT2D eigenvalue weighted by molar-refractivity contribution is 0.299. The summed E-state index contributed by atoms with van der Waals surface area (Å²) in [5.41, 5.74) is 2.24. The number of H-pyrrole nitrogens is 1. The Morgan fingerprint density at radius 1 is 1.05 bits per heavy atom. The number of hydrogen-bond donors (Lipinski definition) is 3. The number of aliphatic hydroxyl groups excluding tert-OH is 1. The number of aliphatic hydroxyl groups is 1. The highest BCUT2D eigenvalue weighted by molar-refractivity contribution is 7.92. The zero-order valence-corrected chi connectivity index (χ0v) is 23.3. The molecule has 10 nitrogen and oxygen atoms in total. The number of unbranched alkanes of at least 4 members (excludes halogenated alkanes) is 3. The molecule has 0 saturated heterocycles. The second kappa shape index (κ2) is 12.4. The molecule has 2 heterocycles. The summed E-state index contributed by atoms with van der Waals surface area (Å²) in [5.74, 6) is 1.28. The fourth-order valence-electron chi connectivity index (χ4n) is 4.45. The first-order chi connectivity index (χ1) is 18.8. The van der Waals surface area contributed by atoms with E-state index in [9.17, 15) is 13.2 Å². The number of sulfonamides is 1. The SMILES string of the molecule is CCCCCCc1nc(C)c2c(=O)[nH]c(-c3cc(S(=O)(=O)Nc4ccc(CCO)cc4)ccc3OCC)nn12. The predicted molar refractivity (Wildman–Crippen MR) is 151 cm³/mol. The van der Waals surface area contributed by atoms with Crippen LogP contribution in [0.15, 0.2) is 52.2 Å². The van der Waals surface area contributed by atoms with Crippen LogP contribution in [-0.4, -0.2) is 46.3 Å². The van der Waals surface area contributed by atoms with E-state index in [4.69, 9.17) is 9.84 Å². The average molecular weight is 554 g/mol. The van der Waals surface area contributed by atoms with E-state index >= 15 is 0 Å². The van der Waals surface area contributed by atoms with Crippen molar-refractivity contribution >= 4 is 21.2 Å². The summed E-state index contributed by atoms with van der Waals surface area (Å²) in [6, 6.07) is 11.3. The average Bonchev–Trinajstić information content (AvgIpc) is 3.23. The molecule has 3 N–H and O–H groups in total. The van der Waals surface area contributed by atoms with E-state index in [0.717, 1.165) is 31.2 Å². The summed E-state index contributed by atoms with van der Waals surface area (Å²) in [6.45, 7) is 6.11. The van der Waals surface area contributed by atoms with Gasteiger partial charge in [-0.05, 0) is 62.6 Å². The van der Waals surface area contributed by atoms with Gasteiger partial charge in [0.05, 0.1) is 22.8 Å². The molecule has 39 heavy (non-hydrogen) atoms. The quantitative estimate of drug-likeness (QED) is 0.210. The normalized spacial score (nSPS) is 11.7. The fraction of sp³-hybridized carbons (Fsp3) is 0.393. The Hall–Kier alpha value is -3.70. The minimum atomic E-state index is -3.97. The molecule has 0 amide bonds. The van der Waals surface area contributed by atoms with Crippen molar-refractivity contribution in [3.05, 3.63) is 69.9 Å². The topological polar surface area (TPSA) is 139 Å². The number of aromatic nitrogens is 4. The van der Waals surface area contributed by atoms with E-state index < -0.39 is 10.0 Å². The predicted octanol–water partition coefficient (Wildman–Crippen LogP) is 4.25. The fourth-order valence-corrected chi connectivity index (χ4v) is 5.54. The Morgan fingerprint density at radius 2 is 1.82 bits per heavy atom. The van der Waals surface area contributed by atoms with Crippen molar-refractivity contribution in [2.45, 2.75) is 64.2 Å². The molecule has 0 bridgehead atoms. The standard InChI is InChI=1S/C28H35N5O5S/c1-4-6-7-8-9-25-29-19(3)26-28(35)30-27(31-33(25)26)23-18-22(14-15-24(23)38-5-2)39(36,37)32-21-12-10-20(11-13-21)16-17-34/h10-15,18,32,34H,4-9,16-17H2,1-3H3,(H,30,31,35). The van der Waals surface area contributed by atoms with Crippen molar-refractivity contribution in [1.82, 2.24) is 19.6 Å². The number of aromatic amines is 1. The third-order valence-corrected chi connectivity index (χ3v) is 7.80. The summed E-state index contributed by atoms with van der Waals surface area (Å²) in [6.07, 6.45) is 5.40. The highest BCUT2D eigenvalue weighted by atomic mass is 32.2. The highest BCUT2D eigenvalue weighted by Crippen LogP contribution is 2.31. The van der Waals surface area contributed by atoms with Crippen LogP contribution in [0.4, 0.5) is 5.69 Å². The molecule has 2 aromatic heterocycles. The lowest BCUT2D eigenvalue weighted by Crippen LogP contribution is -2.17. The van der Waals surface area contributed by atoms with Crippen LogP contribution < -0.4 is 15.0 Å². The molecule has 0 spiro atoms. The summed E-state index contributed by atoms with van der Waals surface area (Å²) < 4.78 is 36.5. The monoisotopic (exact) mass is 553 g/mol. The maximum atomic E-state index is 13.3. The van der Waals surface area contributed by atoms with E-state index in [1.807, 2.05) is 6.92 Å². The van der Waals surface area contributed by atoms with Gasteiger partial charge in [0, 0.05) is 18.7 Å². The zero-order chi connectivity index (χ0) is 28.0. The van der Waals surface area contributed by atoms with Crippen molar-refractivity contribution in [2.75, 3.05) is 17.9 Å². The molecule has 0 aliphatic heterocycles. The number of benzene rings is 2. The molecule has 0 radical (unpaired) electrons. The first-order valence-electron chi connectivity index (χ1n) is 13.3. The highest BCUT2D eigenvalue weighted by Gasteiger charge is 2.21. The van der Waals surface area contributed by atoms with Crippen molar-refractivity contribution in [1.29, 1.82) is 0 Å². The van der Waals surface area contributed by atoms with Crippen LogP contribution in [0.2, 0.25) is 0 Å². The van der Waals surface area contributed by atoms with Crippen LogP contribution in [0.1, 0.15) is 56.6 Å². The van der Waals surface area contributed by atoms with E-state index in [1.165, 1.54) is 12.1 Å². The number of nitrogens with one attached hydrogen (secondary N) is 2. The molecule has 0 aliphatic carbocycles. The summed E-state index contributed by atoms with van der Waals surface area (Å²) in [5, 5.41) is 13.8. The van der Waals surface area contributed by atoms with Crippen molar-refractivity contribution in [2.24, 2.45) is 0 Å². The molecule has 0 unspecified atom stereocenters. The van der Waals surface area contributed by atoms with Gasteiger partial charge in [-0.3, -0.25) is 9.52 Å². The van der Waals surface area contributed by atoms with Crippen LogP contribution >= 0.6 is 0 Å². The number of imidazole rings is 1. The van der Waals surface area contributed by atoms with Gasteiger partial charge in [-0.25, -0.2) is 17.9 Å². The number of aryl methyl sites for hydroxylation is 2. The van der Waals surface area contributed by atoms with Crippen LogP contribution in [0.25, 0.3) is 16.9 Å². The zero-order valence-electron chi connectivity index (χ0n) is 22.5. The molecule has 4 aromatic rings. The van der Waals surface area contributed by atoms with Crippen LogP contribution in [0.3, 0.4) is 0 Å². The molecule has 0 fully saturated rings. The first kappa shape index (κ1) is 28.3. The van der Waals surface area contributed by atoms with Gasteiger partial charge in [0.1, 0.15) is 11.6 Å². The Bertz CT molecular complexity index is 1590. The van der Waals surface area contributed by atoms with E-state index in [2.05, 4.69) is 26.7 Å². The van der Waals surface area contributed by atoms with Gasteiger partial charge in [0.2, 0.25) is 0 Å². The third kappa shape index (κ3) is 6.48. The van der Waals surface area contributed by atoms with Gasteiger partial charge in [-0.1, -0.05) is 38.3 Å². The van der Waals surface area contributed by atoms with E-state index in [0.29, 0.717) is 53.5 Å². The molecule has 0 aliphatic rings. The van der Waals surface area contributed by atoms with E-state index in [-0.39, 0.29) is 22.9 Å². The van der Waals surface area contributed by atoms with Crippen LogP contribution in [0, 0.1) is 6.92 Å². The number of fused-ring (bicyclic) bond motifs is 1. The van der Waals surface area contributed by atoms with Crippen molar-refractivity contribution in [3.8, 4) is 17.1 Å². The van der Waals surface area contributed by atoms with Gasteiger partial charge >= 0.3 is 0 Å². The van der Waals surface area contributed by atoms with E-state index in [1.54, 1.807) is 41.8 Å². The Morgan fingerprint density at radius 3 is 2.51 bits per heavy atom. The first-order valence-corrected chi connectivity index (χ1v) is 14.7. The molecular formula is C28H35N5O5S. The maximum absolute atomic E-state index is 13.3. The van der Waals surface area contributed by atoms with Gasteiger partial charge in [-0.2, -0.15) is 0 Å². The van der Waals surface area contributed by atoms with Gasteiger partial charge in [0.25, 0.3) is 15.6 Å². The molecule has 11 heteroatoms. The number of nitrogens with zero attached hydrogens (tertiary/aromatic N) is 3. The number of ether oxygens (including phenoxy) is 1. The summed E-state index contributed by atoms with van der Waals surface area (Å²) >= 11 is 0. The lowest BCUT2D eigenvalue weighted by Gasteiger charge is -2.14. The number of rotatable bonds is 13. The lowest BCUT2D eigenvalue weighted by atomic mass is 10.1. The Labute approximate surface area is 228 Å². The van der Waals surface area contributed by atoms with Gasteiger partial charge in [0.15, 0.2) is 11.3 Å². The molecule has 208 valence electrons. The summed E-state index contributed by atoms with van der Waals surface area (Å²) in [4.78, 5) is 20.5. The number of hydrogen-bond acceptors (Lipinski definition) is 7. The van der Waals surface area contributed by atoms with Gasteiger partial charge in [-0.15, -0.1) is 5.10 Å². The molecule has 0 saturated carbocycles. The summed E-state index contributed by atoms with van der Waals surface area (Å²) in [7, 11) is -3.97. The molecule has 2 aromatic carbocycles. The largest absolute Gasteiger partial charge is 0.493 e. The minimum absolute atomic E-state index is 0.00951. The van der Waals surface area contributed by atoms with Crippen molar-refractivity contribution in [3.63, 3.8) is 0 Å². The minimum Gasteiger partial charge on any atom is -0.493 e. The number of anilines is 1. The molecular weight excluding hydrogens is 518 g/mol. The Kier molecular flexibility index (Phi) is 9.03. The van der Waals surface area contributed by atoms with Crippen LogP contribution in [0.5, 0.6) is 5.75 Å².